The lowest BCUT2D eigenvalue weighted by molar-refractivity contribution is -0.171. The molecule has 1 aliphatic heterocycles. The third kappa shape index (κ3) is 3.25. The summed E-state index contributed by atoms with van der Waals surface area (Å²) >= 11 is 0. The third-order valence-corrected chi connectivity index (χ3v) is 3.11. The average molecular weight is 278 g/mol. The van der Waals surface area contributed by atoms with Crippen LogP contribution in [0.2, 0.25) is 0 Å². The summed E-state index contributed by atoms with van der Waals surface area (Å²) in [6.45, 7) is 9.05. The first-order valence-corrected chi connectivity index (χ1v) is 6.72. The van der Waals surface area contributed by atoms with Crippen molar-refractivity contribution in [3.05, 3.63) is 18.1 Å². The molecule has 1 fully saturated rings. The predicted octanol–water partition coefficient (Wildman–Crippen LogP) is 1.55. The highest BCUT2D eigenvalue weighted by molar-refractivity contribution is 5.92. The molecule has 0 spiro atoms. The number of hydrogen-bond donors (Lipinski definition) is 1. The summed E-state index contributed by atoms with van der Waals surface area (Å²) in [5, 5.41) is 2.88. The van der Waals surface area contributed by atoms with Crippen molar-refractivity contribution in [1.29, 1.82) is 0 Å². The zero-order valence-electron chi connectivity index (χ0n) is 12.7. The molecule has 1 aliphatic rings. The maximum atomic E-state index is 12.5. The molecule has 2 rings (SSSR count). The minimum atomic E-state index is -0.365. The van der Waals surface area contributed by atoms with Gasteiger partial charge in [0, 0.05) is 20.1 Å². The molecule has 0 saturated carbocycles. The van der Waals surface area contributed by atoms with Crippen LogP contribution in [0.4, 0.5) is 5.82 Å². The smallest absolute Gasteiger partial charge is 0.274 e. The topological polar surface area (TPSA) is 67.4 Å². The number of carbonyl (C=O) groups is 1. The maximum absolute atomic E-state index is 12.5. The van der Waals surface area contributed by atoms with E-state index in [0.717, 1.165) is 0 Å². The predicted molar refractivity (Wildman–Crippen MR) is 76.7 cm³/mol. The van der Waals surface area contributed by atoms with Crippen LogP contribution in [0.3, 0.4) is 0 Å². The Morgan fingerprint density at radius 3 is 2.25 bits per heavy atom. The first-order valence-electron chi connectivity index (χ1n) is 6.72. The van der Waals surface area contributed by atoms with E-state index in [9.17, 15) is 4.79 Å². The summed E-state index contributed by atoms with van der Waals surface area (Å²) in [6, 6.07) is 0. The molecule has 6 heteroatoms. The SMILES string of the molecule is CNc1cnc(C(=O)N2CC(C)(C)OC(C)(C)C2)cn1. The molecular formula is C14H22N4O2. The van der Waals surface area contributed by atoms with Crippen molar-refractivity contribution in [2.75, 3.05) is 25.5 Å². The van der Waals surface area contributed by atoms with Gasteiger partial charge in [0.25, 0.3) is 5.91 Å². The number of rotatable bonds is 2. The van der Waals surface area contributed by atoms with Crippen LogP contribution in [-0.4, -0.2) is 52.1 Å². The molecular weight excluding hydrogens is 256 g/mol. The number of aromatic nitrogens is 2. The Balaban J connectivity index is 2.19. The van der Waals surface area contributed by atoms with Gasteiger partial charge in [-0.05, 0) is 27.7 Å². The number of nitrogens with zero attached hydrogens (tertiary/aromatic N) is 3. The van der Waals surface area contributed by atoms with Crippen molar-refractivity contribution in [1.82, 2.24) is 14.9 Å². The molecule has 20 heavy (non-hydrogen) atoms. The van der Waals surface area contributed by atoms with Gasteiger partial charge in [0.15, 0.2) is 0 Å². The van der Waals surface area contributed by atoms with Gasteiger partial charge in [0.05, 0.1) is 23.6 Å². The fourth-order valence-corrected chi connectivity index (χ4v) is 2.66. The van der Waals surface area contributed by atoms with E-state index < -0.39 is 0 Å². The molecule has 1 amide bonds. The van der Waals surface area contributed by atoms with E-state index >= 15 is 0 Å². The summed E-state index contributed by atoms with van der Waals surface area (Å²) < 4.78 is 5.97. The molecule has 2 heterocycles. The zero-order valence-corrected chi connectivity index (χ0v) is 12.7. The molecule has 1 N–H and O–H groups in total. The second kappa shape index (κ2) is 5.01. The molecule has 6 nitrogen and oxygen atoms in total. The molecule has 0 aromatic carbocycles. The van der Waals surface area contributed by atoms with Crippen molar-refractivity contribution in [2.24, 2.45) is 0 Å². The number of carbonyl (C=O) groups excluding carboxylic acids is 1. The van der Waals surface area contributed by atoms with Gasteiger partial charge < -0.3 is 15.0 Å². The average Bonchev–Trinajstić information content (AvgIpc) is 2.34. The largest absolute Gasteiger partial charge is 0.372 e. The highest BCUT2D eigenvalue weighted by Crippen LogP contribution is 2.28. The van der Waals surface area contributed by atoms with Crippen molar-refractivity contribution < 1.29 is 9.53 Å². The number of ether oxygens (including phenoxy) is 1. The van der Waals surface area contributed by atoms with E-state index in [1.165, 1.54) is 6.20 Å². The summed E-state index contributed by atoms with van der Waals surface area (Å²) in [7, 11) is 1.76. The molecule has 0 atom stereocenters. The highest BCUT2D eigenvalue weighted by atomic mass is 16.5. The minimum absolute atomic E-state index is 0.107. The van der Waals surface area contributed by atoms with E-state index in [0.29, 0.717) is 24.6 Å². The van der Waals surface area contributed by atoms with E-state index in [1.54, 1.807) is 18.1 Å². The van der Waals surface area contributed by atoms with Crippen LogP contribution in [0.15, 0.2) is 12.4 Å². The number of morpholine rings is 1. The molecule has 1 aromatic heterocycles. The minimum Gasteiger partial charge on any atom is -0.372 e. The van der Waals surface area contributed by atoms with Crippen molar-refractivity contribution in [3.63, 3.8) is 0 Å². The number of hydrogen-bond acceptors (Lipinski definition) is 5. The normalized spacial score (nSPS) is 20.6. The molecule has 0 aliphatic carbocycles. The second-order valence-electron chi connectivity index (χ2n) is 6.32. The molecule has 0 bridgehead atoms. The van der Waals surface area contributed by atoms with Crippen LogP contribution in [0.1, 0.15) is 38.2 Å². The van der Waals surface area contributed by atoms with Crippen molar-refractivity contribution >= 4 is 11.7 Å². The summed E-state index contributed by atoms with van der Waals surface area (Å²) in [4.78, 5) is 22.6. The lowest BCUT2D eigenvalue weighted by Gasteiger charge is -2.47. The van der Waals surface area contributed by atoms with Crippen molar-refractivity contribution in [3.8, 4) is 0 Å². The fraction of sp³-hybridized carbons (Fsp3) is 0.643. The monoisotopic (exact) mass is 278 g/mol. The number of nitrogens with one attached hydrogen (secondary N) is 1. The van der Waals surface area contributed by atoms with Crippen LogP contribution in [0.25, 0.3) is 0 Å². The summed E-state index contributed by atoms with van der Waals surface area (Å²) in [6.07, 6.45) is 3.06. The second-order valence-corrected chi connectivity index (χ2v) is 6.32. The first kappa shape index (κ1) is 14.7. The Labute approximate surface area is 119 Å². The zero-order chi connectivity index (χ0) is 15.0. The van der Waals surface area contributed by atoms with Gasteiger partial charge in [0.2, 0.25) is 0 Å². The van der Waals surface area contributed by atoms with Gasteiger partial charge in [-0.1, -0.05) is 0 Å². The van der Waals surface area contributed by atoms with E-state index in [1.807, 2.05) is 27.7 Å². The van der Waals surface area contributed by atoms with Gasteiger partial charge in [-0.15, -0.1) is 0 Å². The van der Waals surface area contributed by atoms with Crippen LogP contribution in [-0.2, 0) is 4.74 Å². The molecule has 0 unspecified atom stereocenters. The number of amides is 1. The summed E-state index contributed by atoms with van der Waals surface area (Å²) in [5.41, 5.74) is -0.372. The molecule has 1 saturated heterocycles. The Morgan fingerprint density at radius 2 is 1.80 bits per heavy atom. The molecule has 0 radical (unpaired) electrons. The van der Waals surface area contributed by atoms with Gasteiger partial charge in [-0.2, -0.15) is 0 Å². The Kier molecular flexibility index (Phi) is 3.69. The maximum Gasteiger partial charge on any atom is 0.274 e. The van der Waals surface area contributed by atoms with Crippen LogP contribution >= 0.6 is 0 Å². The van der Waals surface area contributed by atoms with Gasteiger partial charge in [-0.3, -0.25) is 4.79 Å². The lowest BCUT2D eigenvalue weighted by Crippen LogP contribution is -2.58. The van der Waals surface area contributed by atoms with Gasteiger partial charge >= 0.3 is 0 Å². The third-order valence-electron chi connectivity index (χ3n) is 3.11. The highest BCUT2D eigenvalue weighted by Gasteiger charge is 2.40. The summed E-state index contributed by atoms with van der Waals surface area (Å²) in [5.74, 6) is 0.536. The quantitative estimate of drug-likeness (QED) is 0.889. The Hall–Kier alpha value is -1.69. The Morgan fingerprint density at radius 1 is 1.20 bits per heavy atom. The van der Waals surface area contributed by atoms with E-state index in [2.05, 4.69) is 15.3 Å². The Bertz CT molecular complexity index is 480. The van der Waals surface area contributed by atoms with E-state index in [-0.39, 0.29) is 17.1 Å². The van der Waals surface area contributed by atoms with Gasteiger partial charge in [0.1, 0.15) is 11.5 Å². The molecule has 110 valence electrons. The van der Waals surface area contributed by atoms with Crippen molar-refractivity contribution in [2.45, 2.75) is 38.9 Å². The lowest BCUT2D eigenvalue weighted by atomic mass is 9.98. The number of anilines is 1. The first-order chi connectivity index (χ1) is 9.22. The van der Waals surface area contributed by atoms with E-state index in [4.69, 9.17) is 4.74 Å². The van der Waals surface area contributed by atoms with Crippen LogP contribution in [0.5, 0.6) is 0 Å². The standard InChI is InChI=1S/C14H22N4O2/c1-13(2)8-18(9-14(3,4)20-13)12(19)10-6-17-11(15-5)7-16-10/h6-7H,8-9H2,1-5H3,(H,15,17). The fourth-order valence-electron chi connectivity index (χ4n) is 2.66. The van der Waals surface area contributed by atoms with Crippen LogP contribution < -0.4 is 5.32 Å². The van der Waals surface area contributed by atoms with Gasteiger partial charge in [-0.25, -0.2) is 9.97 Å². The van der Waals surface area contributed by atoms with Crippen LogP contribution in [0, 0.1) is 0 Å². The molecule has 1 aromatic rings.